The first-order valence-electron chi connectivity index (χ1n) is 9.81. The average molecular weight is 373 g/mol. The highest BCUT2D eigenvalue weighted by Crippen LogP contribution is 2.57. The lowest BCUT2D eigenvalue weighted by molar-refractivity contribution is -0.157. The van der Waals surface area contributed by atoms with E-state index < -0.39 is 0 Å². The van der Waals surface area contributed by atoms with Crippen molar-refractivity contribution in [2.45, 2.75) is 56.2 Å². The third-order valence-electron chi connectivity index (χ3n) is 7.14. The van der Waals surface area contributed by atoms with Gasteiger partial charge in [-0.25, -0.2) is 4.98 Å². The van der Waals surface area contributed by atoms with Crippen LogP contribution in [0.4, 0.5) is 5.82 Å². The number of aromatic nitrogens is 1. The molecular formula is C20H25ClN4O. The number of hydrogen-bond acceptors (Lipinski definition) is 5. The molecule has 6 heteroatoms. The first-order chi connectivity index (χ1) is 12.5. The summed E-state index contributed by atoms with van der Waals surface area (Å²) >= 11 is 6.27. The van der Waals surface area contributed by atoms with Gasteiger partial charge in [0.25, 0.3) is 0 Å². The number of aliphatic hydroxyl groups is 1. The van der Waals surface area contributed by atoms with Gasteiger partial charge < -0.3 is 10.4 Å². The van der Waals surface area contributed by atoms with E-state index in [0.717, 1.165) is 44.7 Å². The van der Waals surface area contributed by atoms with Gasteiger partial charge in [-0.2, -0.15) is 5.26 Å². The summed E-state index contributed by atoms with van der Waals surface area (Å²) in [4.78, 5) is 6.97. The lowest BCUT2D eigenvalue weighted by Gasteiger charge is -2.60. The molecule has 6 rings (SSSR count). The van der Waals surface area contributed by atoms with Gasteiger partial charge in [0.15, 0.2) is 0 Å². The van der Waals surface area contributed by atoms with Crippen LogP contribution in [-0.2, 0) is 0 Å². The number of pyridine rings is 1. The molecule has 5 nitrogen and oxygen atoms in total. The normalized spacial score (nSPS) is 41.3. The van der Waals surface area contributed by atoms with Crippen LogP contribution >= 0.6 is 11.6 Å². The van der Waals surface area contributed by atoms with Crippen LogP contribution in [0.1, 0.15) is 44.1 Å². The zero-order chi connectivity index (χ0) is 17.9. The van der Waals surface area contributed by atoms with Crippen LogP contribution in [0.3, 0.4) is 0 Å². The van der Waals surface area contributed by atoms with Gasteiger partial charge in [0.2, 0.25) is 0 Å². The molecule has 0 spiro atoms. The summed E-state index contributed by atoms with van der Waals surface area (Å²) < 4.78 is 0. The molecule has 2 heterocycles. The Hall–Kier alpha value is -1.35. The molecule has 4 bridgehead atoms. The van der Waals surface area contributed by atoms with Crippen molar-refractivity contribution >= 4 is 17.4 Å². The number of nitrogens with zero attached hydrogens (tertiary/aromatic N) is 3. The van der Waals surface area contributed by atoms with E-state index in [4.69, 9.17) is 16.9 Å². The van der Waals surface area contributed by atoms with E-state index >= 15 is 0 Å². The van der Waals surface area contributed by atoms with Gasteiger partial charge in [-0.1, -0.05) is 11.6 Å². The maximum absolute atomic E-state index is 10.8. The molecule has 4 saturated carbocycles. The van der Waals surface area contributed by atoms with Crippen LogP contribution < -0.4 is 5.32 Å². The lowest BCUT2D eigenvalue weighted by atomic mass is 9.52. The molecule has 1 aliphatic heterocycles. The molecule has 5 fully saturated rings. The Morgan fingerprint density at radius 3 is 2.73 bits per heavy atom. The van der Waals surface area contributed by atoms with E-state index in [9.17, 15) is 5.11 Å². The Bertz CT molecular complexity index is 747. The summed E-state index contributed by atoms with van der Waals surface area (Å²) in [6.45, 7) is 2.12. The van der Waals surface area contributed by atoms with E-state index in [1.165, 1.54) is 12.8 Å². The summed E-state index contributed by atoms with van der Waals surface area (Å²) in [6, 6.07) is 4.72. The molecule has 4 aliphatic carbocycles. The van der Waals surface area contributed by atoms with Crippen molar-refractivity contribution in [3.8, 4) is 6.07 Å². The highest BCUT2D eigenvalue weighted by Gasteiger charge is 2.56. The van der Waals surface area contributed by atoms with Crippen molar-refractivity contribution in [2.24, 2.45) is 17.8 Å². The smallest absolute Gasteiger partial charge is 0.145 e. The summed E-state index contributed by atoms with van der Waals surface area (Å²) in [5, 5.41) is 23.7. The molecule has 2 N–H and O–H groups in total. The summed E-state index contributed by atoms with van der Waals surface area (Å²) in [7, 11) is 0. The average Bonchev–Trinajstić information content (AvgIpc) is 3.03. The molecule has 26 heavy (non-hydrogen) atoms. The molecule has 5 aliphatic rings. The van der Waals surface area contributed by atoms with E-state index in [2.05, 4.69) is 21.3 Å². The highest BCUT2D eigenvalue weighted by molar-refractivity contribution is 6.33. The molecule has 0 amide bonds. The van der Waals surface area contributed by atoms with Gasteiger partial charge >= 0.3 is 0 Å². The van der Waals surface area contributed by atoms with E-state index in [1.807, 2.05) is 0 Å². The molecule has 4 unspecified atom stereocenters. The minimum Gasteiger partial charge on any atom is -0.390 e. The minimum atomic E-state index is -0.357. The van der Waals surface area contributed by atoms with Gasteiger partial charge in [0.1, 0.15) is 11.9 Å². The molecular weight excluding hydrogens is 348 g/mol. The fraction of sp³-hybridized carbons (Fsp3) is 0.700. The van der Waals surface area contributed by atoms with Gasteiger partial charge in [-0.3, -0.25) is 4.90 Å². The van der Waals surface area contributed by atoms with E-state index in [1.54, 1.807) is 12.3 Å². The number of rotatable bonds is 3. The van der Waals surface area contributed by atoms with Gasteiger partial charge in [0.05, 0.1) is 16.2 Å². The zero-order valence-corrected chi connectivity index (χ0v) is 15.6. The Morgan fingerprint density at radius 1 is 1.31 bits per heavy atom. The molecule has 138 valence electrons. The van der Waals surface area contributed by atoms with E-state index in [-0.39, 0.29) is 5.60 Å². The highest BCUT2D eigenvalue weighted by atomic mass is 35.5. The Kier molecular flexibility index (Phi) is 3.93. The van der Waals surface area contributed by atoms with Crippen LogP contribution in [0, 0.1) is 29.1 Å². The van der Waals surface area contributed by atoms with Gasteiger partial charge in [-0.05, 0) is 62.3 Å². The maximum Gasteiger partial charge on any atom is 0.145 e. The third-order valence-corrected chi connectivity index (χ3v) is 7.43. The number of nitriles is 1. The molecule has 1 saturated heterocycles. The summed E-state index contributed by atoms with van der Waals surface area (Å²) in [6.07, 6.45) is 8.31. The minimum absolute atomic E-state index is 0.341. The standard InChI is InChI=1S/C20H25ClN4O/c21-17-5-13(9-22)10-23-19(17)24-16-1-2-25(11-16)18-14-3-12-4-15(18)8-20(26,6-12)7-14/h5,10,12,14-16,18,26H,1-4,6-8,11H2,(H,23,24)/t12?,14-,15?,16+,18?,20?/m0/s1. The predicted molar refractivity (Wildman–Crippen MR) is 99.9 cm³/mol. The third kappa shape index (κ3) is 2.79. The molecule has 6 atom stereocenters. The second-order valence-electron chi connectivity index (χ2n) is 8.98. The van der Waals surface area contributed by atoms with Crippen molar-refractivity contribution in [1.29, 1.82) is 5.26 Å². The Morgan fingerprint density at radius 2 is 2.08 bits per heavy atom. The Labute approximate surface area is 159 Å². The molecule has 1 aromatic rings. The number of halogens is 1. The van der Waals surface area contributed by atoms with Crippen LogP contribution in [-0.4, -0.2) is 45.8 Å². The van der Waals surface area contributed by atoms with Gasteiger partial charge in [-0.15, -0.1) is 0 Å². The fourth-order valence-corrected chi connectivity index (χ4v) is 6.75. The van der Waals surface area contributed by atoms with Gasteiger partial charge in [0, 0.05) is 31.4 Å². The number of anilines is 1. The monoisotopic (exact) mass is 372 g/mol. The second-order valence-corrected chi connectivity index (χ2v) is 9.38. The largest absolute Gasteiger partial charge is 0.390 e. The number of hydrogen-bond donors (Lipinski definition) is 2. The van der Waals surface area contributed by atoms with Crippen LogP contribution in [0.25, 0.3) is 0 Å². The van der Waals surface area contributed by atoms with E-state index in [0.29, 0.717) is 40.3 Å². The van der Waals surface area contributed by atoms with Crippen LogP contribution in [0.2, 0.25) is 5.02 Å². The SMILES string of the molecule is N#Cc1cnc(N[C@@H]2CCN(C3C4CC5C[C@H]3CC(O)(C5)C4)C2)c(Cl)c1. The predicted octanol–water partition coefficient (Wildman–Crippen LogP) is 3.03. The van der Waals surface area contributed by atoms with Crippen LogP contribution in [0.15, 0.2) is 12.3 Å². The molecule has 0 radical (unpaired) electrons. The summed E-state index contributed by atoms with van der Waals surface area (Å²) in [5.74, 6) is 2.77. The maximum atomic E-state index is 10.8. The van der Waals surface area contributed by atoms with Crippen molar-refractivity contribution in [3.05, 3.63) is 22.8 Å². The fourth-order valence-electron chi connectivity index (χ4n) is 6.53. The topological polar surface area (TPSA) is 72.2 Å². The van der Waals surface area contributed by atoms with Crippen molar-refractivity contribution in [2.75, 3.05) is 18.4 Å². The Balaban J connectivity index is 1.26. The van der Waals surface area contributed by atoms with Crippen molar-refractivity contribution < 1.29 is 5.11 Å². The molecule has 1 aromatic heterocycles. The van der Waals surface area contributed by atoms with Crippen LogP contribution in [0.5, 0.6) is 0 Å². The zero-order valence-electron chi connectivity index (χ0n) is 14.9. The number of likely N-dealkylation sites (tertiary alicyclic amines) is 1. The first-order valence-corrected chi connectivity index (χ1v) is 10.2. The lowest BCUT2D eigenvalue weighted by Crippen LogP contribution is -2.61. The van der Waals surface area contributed by atoms with Crippen molar-refractivity contribution in [1.82, 2.24) is 9.88 Å². The number of nitrogens with one attached hydrogen (secondary N) is 1. The molecule has 0 aromatic carbocycles. The first kappa shape index (κ1) is 16.8. The second kappa shape index (κ2) is 6.09. The summed E-state index contributed by atoms with van der Waals surface area (Å²) in [5.41, 5.74) is 0.129. The quantitative estimate of drug-likeness (QED) is 0.853. The van der Waals surface area contributed by atoms with Crippen molar-refractivity contribution in [3.63, 3.8) is 0 Å².